The Balaban J connectivity index is 2.29. The van der Waals surface area contributed by atoms with Gasteiger partial charge in [0.25, 0.3) is 0 Å². The van der Waals surface area contributed by atoms with E-state index in [0.29, 0.717) is 12.3 Å². The molecule has 1 heterocycles. The molecule has 1 N–H and O–H groups in total. The van der Waals surface area contributed by atoms with E-state index in [0.717, 1.165) is 23.5 Å². The van der Waals surface area contributed by atoms with Gasteiger partial charge in [-0.3, -0.25) is 4.79 Å². The lowest BCUT2D eigenvalue weighted by molar-refractivity contribution is -0.121. The molecule has 0 spiro atoms. The number of hydrogen-bond acceptors (Lipinski definition) is 3. The zero-order valence-electron chi connectivity index (χ0n) is 11.1. The summed E-state index contributed by atoms with van der Waals surface area (Å²) in [5.74, 6) is 0.766. The van der Waals surface area contributed by atoms with Gasteiger partial charge in [-0.05, 0) is 32.6 Å². The second kappa shape index (κ2) is 6.74. The summed E-state index contributed by atoms with van der Waals surface area (Å²) >= 11 is 1.59. The van der Waals surface area contributed by atoms with Crippen LogP contribution >= 0.6 is 11.3 Å². The van der Waals surface area contributed by atoms with E-state index >= 15 is 0 Å². The summed E-state index contributed by atoms with van der Waals surface area (Å²) in [5.41, 5.74) is 0.876. The van der Waals surface area contributed by atoms with Crippen LogP contribution < -0.4 is 5.32 Å². The van der Waals surface area contributed by atoms with Crippen molar-refractivity contribution >= 4 is 17.2 Å². The van der Waals surface area contributed by atoms with Crippen molar-refractivity contribution in [2.45, 2.75) is 53.0 Å². The van der Waals surface area contributed by atoms with Crippen LogP contribution in [0.25, 0.3) is 0 Å². The van der Waals surface area contributed by atoms with E-state index in [1.54, 1.807) is 11.3 Å². The highest BCUT2D eigenvalue weighted by Gasteiger charge is 2.10. The molecule has 4 heteroatoms. The zero-order valence-corrected chi connectivity index (χ0v) is 11.9. The molecule has 17 heavy (non-hydrogen) atoms. The van der Waals surface area contributed by atoms with Crippen molar-refractivity contribution < 1.29 is 4.79 Å². The molecule has 0 saturated heterocycles. The molecule has 3 nitrogen and oxygen atoms in total. The molecule has 96 valence electrons. The van der Waals surface area contributed by atoms with Gasteiger partial charge in [0.15, 0.2) is 0 Å². The van der Waals surface area contributed by atoms with Crippen molar-refractivity contribution in [3.05, 3.63) is 16.1 Å². The van der Waals surface area contributed by atoms with E-state index in [-0.39, 0.29) is 11.9 Å². The van der Waals surface area contributed by atoms with E-state index in [4.69, 9.17) is 0 Å². The third-order valence-electron chi connectivity index (χ3n) is 2.59. The Labute approximate surface area is 108 Å². The number of thiazole rings is 1. The SMILES string of the molecule is Cc1nc(CC(=O)NC(C)CCC(C)C)cs1. The summed E-state index contributed by atoms with van der Waals surface area (Å²) in [6, 6.07) is 0.254. The predicted octanol–water partition coefficient (Wildman–Crippen LogP) is 2.93. The highest BCUT2D eigenvalue weighted by atomic mass is 32.1. The van der Waals surface area contributed by atoms with E-state index in [1.165, 1.54) is 0 Å². The van der Waals surface area contributed by atoms with E-state index in [1.807, 2.05) is 12.3 Å². The average Bonchev–Trinajstić information content (AvgIpc) is 2.60. The van der Waals surface area contributed by atoms with Gasteiger partial charge in [0.1, 0.15) is 0 Å². The third-order valence-corrected chi connectivity index (χ3v) is 3.41. The summed E-state index contributed by atoms with van der Waals surface area (Å²) in [7, 11) is 0. The molecule has 0 saturated carbocycles. The van der Waals surface area contributed by atoms with E-state index < -0.39 is 0 Å². The Morgan fingerprint density at radius 2 is 2.12 bits per heavy atom. The van der Waals surface area contributed by atoms with Crippen LogP contribution in [-0.2, 0) is 11.2 Å². The number of carbonyl (C=O) groups excluding carboxylic acids is 1. The van der Waals surface area contributed by atoms with Gasteiger partial charge in [0.2, 0.25) is 5.91 Å². The lowest BCUT2D eigenvalue weighted by Gasteiger charge is -2.14. The molecule has 0 fully saturated rings. The van der Waals surface area contributed by atoms with Gasteiger partial charge in [-0.15, -0.1) is 11.3 Å². The van der Waals surface area contributed by atoms with Crippen molar-refractivity contribution in [3.8, 4) is 0 Å². The minimum Gasteiger partial charge on any atom is -0.353 e. The number of carbonyl (C=O) groups is 1. The normalized spacial score (nSPS) is 12.8. The van der Waals surface area contributed by atoms with Crippen molar-refractivity contribution in [3.63, 3.8) is 0 Å². The van der Waals surface area contributed by atoms with Crippen LogP contribution in [0.1, 0.15) is 44.3 Å². The Hall–Kier alpha value is -0.900. The Kier molecular flexibility index (Phi) is 5.62. The number of nitrogens with one attached hydrogen (secondary N) is 1. The Bertz CT molecular complexity index is 360. The second-order valence-electron chi connectivity index (χ2n) is 4.97. The summed E-state index contributed by atoms with van der Waals surface area (Å²) in [6.45, 7) is 8.42. The van der Waals surface area contributed by atoms with E-state index in [9.17, 15) is 4.79 Å². The number of aromatic nitrogens is 1. The number of nitrogens with zero attached hydrogens (tertiary/aromatic N) is 1. The first-order chi connectivity index (χ1) is 7.97. The third kappa shape index (κ3) is 5.82. The van der Waals surface area contributed by atoms with Crippen LogP contribution in [0.4, 0.5) is 0 Å². The highest BCUT2D eigenvalue weighted by molar-refractivity contribution is 7.09. The van der Waals surface area contributed by atoms with Crippen molar-refractivity contribution in [1.29, 1.82) is 0 Å². The molecule has 1 unspecified atom stereocenters. The minimum absolute atomic E-state index is 0.0755. The first-order valence-corrected chi connectivity index (χ1v) is 7.05. The van der Waals surface area contributed by atoms with Gasteiger partial charge >= 0.3 is 0 Å². The van der Waals surface area contributed by atoms with Gasteiger partial charge in [0, 0.05) is 11.4 Å². The molecule has 0 bridgehead atoms. The monoisotopic (exact) mass is 254 g/mol. The number of rotatable bonds is 6. The predicted molar refractivity (Wildman–Crippen MR) is 72.2 cm³/mol. The van der Waals surface area contributed by atoms with Crippen molar-refractivity contribution in [2.24, 2.45) is 5.92 Å². The quantitative estimate of drug-likeness (QED) is 0.848. The molecule has 0 aliphatic heterocycles. The lowest BCUT2D eigenvalue weighted by Crippen LogP contribution is -2.33. The first kappa shape index (κ1) is 14.2. The van der Waals surface area contributed by atoms with Crippen LogP contribution in [0.2, 0.25) is 0 Å². The standard InChI is InChI=1S/C13H22N2OS/c1-9(2)5-6-10(3)14-13(16)7-12-8-17-11(4)15-12/h8-10H,5-7H2,1-4H3,(H,14,16). The lowest BCUT2D eigenvalue weighted by atomic mass is 10.0. The maximum Gasteiger partial charge on any atom is 0.226 e. The first-order valence-electron chi connectivity index (χ1n) is 6.17. The molecule has 1 amide bonds. The molecule has 1 rings (SSSR count). The van der Waals surface area contributed by atoms with Crippen LogP contribution in [0.3, 0.4) is 0 Å². The van der Waals surface area contributed by atoms with Gasteiger partial charge in [-0.25, -0.2) is 4.98 Å². The van der Waals surface area contributed by atoms with Gasteiger partial charge in [0.05, 0.1) is 17.1 Å². The summed E-state index contributed by atoms with van der Waals surface area (Å²) in [5, 5.41) is 5.99. The molecule has 0 radical (unpaired) electrons. The fraction of sp³-hybridized carbons (Fsp3) is 0.692. The highest BCUT2D eigenvalue weighted by Crippen LogP contribution is 2.09. The van der Waals surface area contributed by atoms with Gasteiger partial charge in [-0.2, -0.15) is 0 Å². The molecular weight excluding hydrogens is 232 g/mol. The maximum absolute atomic E-state index is 11.7. The summed E-state index contributed by atoms with van der Waals surface area (Å²) in [4.78, 5) is 16.0. The number of amides is 1. The molecule has 0 aliphatic carbocycles. The fourth-order valence-electron chi connectivity index (χ4n) is 1.64. The maximum atomic E-state index is 11.7. The van der Waals surface area contributed by atoms with Crippen LogP contribution in [-0.4, -0.2) is 16.9 Å². The minimum atomic E-state index is 0.0755. The molecule has 1 atom stereocenters. The zero-order chi connectivity index (χ0) is 12.8. The van der Waals surface area contributed by atoms with Gasteiger partial charge < -0.3 is 5.32 Å². The Morgan fingerprint density at radius 1 is 1.41 bits per heavy atom. The molecule has 1 aromatic rings. The molecule has 1 aromatic heterocycles. The van der Waals surface area contributed by atoms with Crippen molar-refractivity contribution in [2.75, 3.05) is 0 Å². The fourth-order valence-corrected chi connectivity index (χ4v) is 2.25. The molecule has 0 aliphatic rings. The Morgan fingerprint density at radius 3 is 2.65 bits per heavy atom. The van der Waals surface area contributed by atoms with Crippen LogP contribution in [0.15, 0.2) is 5.38 Å². The summed E-state index contributed by atoms with van der Waals surface area (Å²) < 4.78 is 0. The van der Waals surface area contributed by atoms with Gasteiger partial charge in [-0.1, -0.05) is 13.8 Å². The number of aryl methyl sites for hydroxylation is 1. The van der Waals surface area contributed by atoms with Crippen LogP contribution in [0.5, 0.6) is 0 Å². The number of hydrogen-bond donors (Lipinski definition) is 1. The summed E-state index contributed by atoms with van der Waals surface area (Å²) in [6.07, 6.45) is 2.59. The second-order valence-corrected chi connectivity index (χ2v) is 6.04. The van der Waals surface area contributed by atoms with Crippen LogP contribution in [0, 0.1) is 12.8 Å². The smallest absolute Gasteiger partial charge is 0.226 e. The largest absolute Gasteiger partial charge is 0.353 e. The van der Waals surface area contributed by atoms with Crippen molar-refractivity contribution in [1.82, 2.24) is 10.3 Å². The van der Waals surface area contributed by atoms with E-state index in [2.05, 4.69) is 31.1 Å². The topological polar surface area (TPSA) is 42.0 Å². The molecule has 0 aromatic carbocycles. The molecular formula is C13H22N2OS. The average molecular weight is 254 g/mol.